The van der Waals surface area contributed by atoms with Gasteiger partial charge in [0.2, 0.25) is 0 Å². The first-order valence-electron chi connectivity index (χ1n) is 13.2. The van der Waals surface area contributed by atoms with Crippen LogP contribution in [0.2, 0.25) is 0 Å². The van der Waals surface area contributed by atoms with Crippen molar-refractivity contribution in [3.05, 3.63) is 29.8 Å². The maximum atomic E-state index is 13.2. The molecule has 3 heteroatoms. The van der Waals surface area contributed by atoms with Gasteiger partial charge in [0.15, 0.2) is 0 Å². The Kier molecular flexibility index (Phi) is 17.0. The third-order valence-corrected chi connectivity index (χ3v) is 6.17. The lowest BCUT2D eigenvalue weighted by molar-refractivity contribution is 0.0748. The van der Waals surface area contributed by atoms with Crippen molar-refractivity contribution in [2.75, 3.05) is 20.2 Å². The molecule has 0 saturated heterocycles. The second-order valence-electron chi connectivity index (χ2n) is 8.97. The Morgan fingerprint density at radius 2 is 1.16 bits per heavy atom. The molecule has 0 N–H and O–H groups in total. The lowest BCUT2D eigenvalue weighted by Crippen LogP contribution is -2.33. The number of nitrogens with zero attached hydrogens (tertiary/aromatic N) is 1. The molecular formula is C28H49NO2. The summed E-state index contributed by atoms with van der Waals surface area (Å²) >= 11 is 0. The first kappa shape index (κ1) is 27.5. The van der Waals surface area contributed by atoms with Crippen molar-refractivity contribution >= 4 is 5.91 Å². The highest BCUT2D eigenvalue weighted by Gasteiger charge is 2.15. The number of unbranched alkanes of at least 4 members (excludes halogenated alkanes) is 14. The minimum atomic E-state index is 0.157. The van der Waals surface area contributed by atoms with Gasteiger partial charge in [0, 0.05) is 18.7 Å². The van der Waals surface area contributed by atoms with Gasteiger partial charge >= 0.3 is 0 Å². The second kappa shape index (κ2) is 19.2. The molecule has 0 fully saturated rings. The molecule has 1 rings (SSSR count). The Bertz CT molecular complexity index is 538. The molecule has 0 aliphatic carbocycles. The molecule has 0 aromatic heterocycles. The van der Waals surface area contributed by atoms with Crippen LogP contribution in [-0.2, 0) is 0 Å². The molecule has 1 aromatic carbocycles. The van der Waals surface area contributed by atoms with Crippen molar-refractivity contribution in [1.82, 2.24) is 4.90 Å². The highest BCUT2D eigenvalue weighted by Crippen LogP contribution is 2.17. The molecule has 0 aliphatic heterocycles. The smallest absolute Gasteiger partial charge is 0.253 e. The van der Waals surface area contributed by atoms with Crippen LogP contribution in [0.1, 0.15) is 127 Å². The zero-order valence-corrected chi connectivity index (χ0v) is 20.8. The van der Waals surface area contributed by atoms with Crippen molar-refractivity contribution in [2.45, 2.75) is 117 Å². The van der Waals surface area contributed by atoms with E-state index in [2.05, 4.69) is 18.7 Å². The van der Waals surface area contributed by atoms with E-state index in [9.17, 15) is 4.79 Å². The van der Waals surface area contributed by atoms with E-state index < -0.39 is 0 Å². The number of carbonyl (C=O) groups excluding carboxylic acids is 1. The maximum absolute atomic E-state index is 13.2. The molecule has 0 unspecified atom stereocenters. The Labute approximate surface area is 192 Å². The Morgan fingerprint density at radius 1 is 0.710 bits per heavy atom. The summed E-state index contributed by atoms with van der Waals surface area (Å²) in [5.41, 5.74) is 0.749. The van der Waals surface area contributed by atoms with E-state index in [1.54, 1.807) is 7.11 Å². The summed E-state index contributed by atoms with van der Waals surface area (Å²) in [7, 11) is 1.66. The second-order valence-corrected chi connectivity index (χ2v) is 8.97. The van der Waals surface area contributed by atoms with Crippen LogP contribution in [0.25, 0.3) is 0 Å². The predicted molar refractivity (Wildman–Crippen MR) is 134 cm³/mol. The summed E-state index contributed by atoms with van der Waals surface area (Å²) < 4.78 is 5.32. The summed E-state index contributed by atoms with van der Waals surface area (Å²) in [5, 5.41) is 0. The zero-order valence-electron chi connectivity index (χ0n) is 20.8. The van der Waals surface area contributed by atoms with Gasteiger partial charge in [-0.2, -0.15) is 0 Å². The van der Waals surface area contributed by atoms with E-state index in [1.165, 1.54) is 89.9 Å². The summed E-state index contributed by atoms with van der Waals surface area (Å²) in [5.74, 6) is 0.912. The van der Waals surface area contributed by atoms with Crippen LogP contribution >= 0.6 is 0 Å². The first-order chi connectivity index (χ1) is 15.2. The summed E-state index contributed by atoms with van der Waals surface area (Å²) in [6.07, 6.45) is 20.7. The normalized spacial score (nSPS) is 10.9. The number of carbonyl (C=O) groups is 1. The number of hydrogen-bond acceptors (Lipinski definition) is 2. The number of benzene rings is 1. The van der Waals surface area contributed by atoms with Crippen LogP contribution in [0.5, 0.6) is 5.75 Å². The molecule has 31 heavy (non-hydrogen) atoms. The largest absolute Gasteiger partial charge is 0.497 e. The fourth-order valence-corrected chi connectivity index (χ4v) is 4.13. The van der Waals surface area contributed by atoms with Crippen LogP contribution in [0.15, 0.2) is 24.3 Å². The lowest BCUT2D eigenvalue weighted by Gasteiger charge is -2.23. The van der Waals surface area contributed by atoms with Crippen molar-refractivity contribution in [3.63, 3.8) is 0 Å². The summed E-state index contributed by atoms with van der Waals surface area (Å²) in [6.45, 7) is 6.28. The SMILES string of the molecule is CCCCCCCCCCN(CCCCCCCCCC)C(=O)c1cccc(OC)c1. The molecule has 178 valence electrons. The van der Waals surface area contributed by atoms with E-state index in [4.69, 9.17) is 4.74 Å². The molecule has 0 spiro atoms. The van der Waals surface area contributed by atoms with Gasteiger partial charge in [0.05, 0.1) is 7.11 Å². The molecule has 3 nitrogen and oxygen atoms in total. The van der Waals surface area contributed by atoms with Crippen LogP contribution < -0.4 is 4.74 Å². The third-order valence-electron chi connectivity index (χ3n) is 6.17. The molecule has 0 atom stereocenters. The van der Waals surface area contributed by atoms with Crippen LogP contribution in [0, 0.1) is 0 Å². The molecule has 0 aliphatic rings. The van der Waals surface area contributed by atoms with Crippen molar-refractivity contribution < 1.29 is 9.53 Å². The van der Waals surface area contributed by atoms with Crippen molar-refractivity contribution in [3.8, 4) is 5.75 Å². The molecule has 1 amide bonds. The standard InChI is InChI=1S/C28H49NO2/c1-4-6-8-10-12-14-16-18-23-29(24-19-17-15-13-11-9-7-5-2)28(30)26-21-20-22-27(25-26)31-3/h20-22,25H,4-19,23-24H2,1-3H3. The molecule has 0 radical (unpaired) electrons. The molecule has 0 heterocycles. The fourth-order valence-electron chi connectivity index (χ4n) is 4.13. The minimum Gasteiger partial charge on any atom is -0.497 e. The average molecular weight is 432 g/mol. The number of methoxy groups -OCH3 is 1. The Balaban J connectivity index is 2.42. The Morgan fingerprint density at radius 3 is 1.61 bits per heavy atom. The number of hydrogen-bond donors (Lipinski definition) is 0. The van der Waals surface area contributed by atoms with Crippen molar-refractivity contribution in [2.24, 2.45) is 0 Å². The highest BCUT2D eigenvalue weighted by molar-refractivity contribution is 5.94. The van der Waals surface area contributed by atoms with Gasteiger partial charge in [0.1, 0.15) is 5.75 Å². The maximum Gasteiger partial charge on any atom is 0.253 e. The molecule has 0 saturated carbocycles. The quantitative estimate of drug-likeness (QED) is 0.194. The van der Waals surface area contributed by atoms with Gasteiger partial charge in [0.25, 0.3) is 5.91 Å². The fraction of sp³-hybridized carbons (Fsp3) is 0.750. The lowest BCUT2D eigenvalue weighted by atomic mass is 10.1. The molecule has 0 bridgehead atoms. The van der Waals surface area contributed by atoms with E-state index in [0.717, 1.165) is 37.2 Å². The van der Waals surface area contributed by atoms with Gasteiger partial charge in [-0.15, -0.1) is 0 Å². The van der Waals surface area contributed by atoms with Crippen LogP contribution in [0.4, 0.5) is 0 Å². The Hall–Kier alpha value is -1.51. The zero-order chi connectivity index (χ0) is 22.6. The molecular weight excluding hydrogens is 382 g/mol. The average Bonchev–Trinajstić information content (AvgIpc) is 2.80. The van der Waals surface area contributed by atoms with E-state index in [-0.39, 0.29) is 5.91 Å². The highest BCUT2D eigenvalue weighted by atomic mass is 16.5. The predicted octanol–water partition coefficient (Wildman–Crippen LogP) is 8.42. The minimum absolute atomic E-state index is 0.157. The first-order valence-corrected chi connectivity index (χ1v) is 13.2. The summed E-state index contributed by atoms with van der Waals surface area (Å²) in [4.78, 5) is 15.2. The molecule has 1 aromatic rings. The number of rotatable bonds is 20. The van der Waals surface area contributed by atoms with E-state index >= 15 is 0 Å². The van der Waals surface area contributed by atoms with Crippen LogP contribution in [-0.4, -0.2) is 31.0 Å². The van der Waals surface area contributed by atoms with Crippen LogP contribution in [0.3, 0.4) is 0 Å². The number of amides is 1. The van der Waals surface area contributed by atoms with Gasteiger partial charge in [-0.05, 0) is 31.0 Å². The number of ether oxygens (including phenoxy) is 1. The van der Waals surface area contributed by atoms with E-state index in [0.29, 0.717) is 0 Å². The monoisotopic (exact) mass is 431 g/mol. The van der Waals surface area contributed by atoms with Gasteiger partial charge < -0.3 is 9.64 Å². The topological polar surface area (TPSA) is 29.5 Å². The third kappa shape index (κ3) is 13.5. The van der Waals surface area contributed by atoms with Crippen molar-refractivity contribution in [1.29, 1.82) is 0 Å². The summed E-state index contributed by atoms with van der Waals surface area (Å²) in [6, 6.07) is 7.60. The van der Waals surface area contributed by atoms with Gasteiger partial charge in [-0.3, -0.25) is 4.79 Å². The van der Waals surface area contributed by atoms with Gasteiger partial charge in [-0.1, -0.05) is 110 Å². The van der Waals surface area contributed by atoms with Gasteiger partial charge in [-0.25, -0.2) is 0 Å². The van der Waals surface area contributed by atoms with E-state index in [1.807, 2.05) is 24.3 Å².